The Balaban J connectivity index is 0. The van der Waals surface area contributed by atoms with E-state index in [1.807, 2.05) is 7.05 Å². The van der Waals surface area contributed by atoms with Gasteiger partial charge in [0.15, 0.2) is 0 Å². The van der Waals surface area contributed by atoms with Gasteiger partial charge in [0.1, 0.15) is 0 Å². The normalized spacial score (nSPS) is 7.71. The van der Waals surface area contributed by atoms with Crippen LogP contribution in [0.3, 0.4) is 0 Å². The summed E-state index contributed by atoms with van der Waals surface area (Å²) in [5.74, 6) is 0. The zero-order valence-electron chi connectivity index (χ0n) is 5.07. The number of unbranched alkanes of at least 4 members (excludes halogenated alkanes) is 1. The van der Waals surface area contributed by atoms with Gasteiger partial charge < -0.3 is 11.7 Å². The summed E-state index contributed by atoms with van der Waals surface area (Å²) in [6.07, 6.45) is 3.33. The first kappa shape index (κ1) is 10.9. The average Bonchev–Trinajstić information content (AvgIpc) is 1.61. The molecule has 0 saturated heterocycles. The summed E-state index contributed by atoms with van der Waals surface area (Å²) in [5.41, 5.74) is 0. The third-order valence-electron chi connectivity index (χ3n) is 0.683. The Morgan fingerprint density at radius 2 is 2.14 bits per heavy atom. The molecule has 0 rings (SSSR count). The molecule has 1 nitrogen and oxygen atoms in total. The molecule has 0 amide bonds. The van der Waals surface area contributed by atoms with Crippen LogP contribution in [-0.4, -0.2) is 13.6 Å². The number of nitrogens with one attached hydrogen (secondary N) is 1. The molecular weight excluding hydrogens is 163 g/mol. The minimum Gasteiger partial charge on any atom is -0.330 e. The van der Waals surface area contributed by atoms with Crippen LogP contribution in [0.1, 0.15) is 13.3 Å². The maximum absolute atomic E-state index is 3.04. The van der Waals surface area contributed by atoms with Crippen molar-refractivity contribution in [2.75, 3.05) is 13.6 Å². The molecule has 41 valence electrons. The van der Waals surface area contributed by atoms with Crippen LogP contribution >= 0.6 is 0 Å². The van der Waals surface area contributed by atoms with Gasteiger partial charge in [0.05, 0.1) is 0 Å². The van der Waals surface area contributed by atoms with E-state index in [9.17, 15) is 0 Å². The topological polar surface area (TPSA) is 12.0 Å². The fourth-order valence-corrected chi connectivity index (χ4v) is 0.289. The summed E-state index contributed by atoms with van der Waals surface area (Å²) in [6.45, 7) is 3.17. The second kappa shape index (κ2) is 10.1. The number of hydrogen-bond donors (Lipinski definition) is 1. The largest absolute Gasteiger partial charge is 0.330 e. The molecule has 0 unspecified atom stereocenters. The second-order valence-electron chi connectivity index (χ2n) is 1.30. The smallest absolute Gasteiger partial charge is 0 e. The summed E-state index contributed by atoms with van der Waals surface area (Å²) >= 11 is 0. The zero-order valence-corrected chi connectivity index (χ0v) is 7.91. The van der Waals surface area contributed by atoms with Crippen molar-refractivity contribution in [3.05, 3.63) is 6.42 Å². The van der Waals surface area contributed by atoms with E-state index in [-0.39, 0.29) is 32.7 Å². The first-order valence-corrected chi connectivity index (χ1v) is 2.34. The molecule has 0 heterocycles. The van der Waals surface area contributed by atoms with Crippen LogP contribution in [0.15, 0.2) is 0 Å². The molecule has 0 aromatic heterocycles. The van der Waals surface area contributed by atoms with E-state index in [1.165, 1.54) is 6.42 Å². The number of hydrogen-bond acceptors (Lipinski definition) is 1. The van der Waals surface area contributed by atoms with Gasteiger partial charge in [0.2, 0.25) is 0 Å². The summed E-state index contributed by atoms with van der Waals surface area (Å²) in [6, 6.07) is 0. The summed E-state index contributed by atoms with van der Waals surface area (Å²) in [4.78, 5) is 0. The molecule has 1 radical (unpaired) electrons. The zero-order chi connectivity index (χ0) is 4.83. The van der Waals surface area contributed by atoms with Crippen molar-refractivity contribution >= 4 is 0 Å². The Labute approximate surface area is 71.1 Å². The van der Waals surface area contributed by atoms with E-state index in [0.29, 0.717) is 0 Å². The molecule has 0 aromatic rings. The van der Waals surface area contributed by atoms with Crippen molar-refractivity contribution in [1.29, 1.82) is 0 Å². The first-order chi connectivity index (χ1) is 2.91. The van der Waals surface area contributed by atoms with Crippen LogP contribution in [0.25, 0.3) is 0 Å². The minimum atomic E-state index is 0. The molecule has 2 heteroatoms. The molecule has 0 aliphatic carbocycles. The molecule has 1 N–H and O–H groups in total. The van der Waals surface area contributed by atoms with E-state index >= 15 is 0 Å². The fraction of sp³-hybridized carbons (Fsp3) is 0.800. The van der Waals surface area contributed by atoms with Crippen molar-refractivity contribution in [1.82, 2.24) is 5.32 Å². The van der Waals surface area contributed by atoms with Gasteiger partial charge in [-0.05, 0) is 13.6 Å². The molecule has 7 heavy (non-hydrogen) atoms. The second-order valence-corrected chi connectivity index (χ2v) is 1.30. The van der Waals surface area contributed by atoms with Crippen molar-refractivity contribution in [2.24, 2.45) is 0 Å². The van der Waals surface area contributed by atoms with Gasteiger partial charge in [-0.15, -0.1) is 0 Å². The summed E-state index contributed by atoms with van der Waals surface area (Å²) in [7, 11) is 1.96. The van der Waals surface area contributed by atoms with Crippen LogP contribution in [0.4, 0.5) is 0 Å². The first-order valence-electron chi connectivity index (χ1n) is 2.34. The molecule has 0 aliphatic rings. The van der Waals surface area contributed by atoms with E-state index in [4.69, 9.17) is 0 Å². The number of rotatable bonds is 3. The van der Waals surface area contributed by atoms with Crippen LogP contribution in [0, 0.1) is 6.42 Å². The molecule has 0 saturated carbocycles. The molecule has 0 atom stereocenters. The van der Waals surface area contributed by atoms with Gasteiger partial charge in [-0.3, -0.25) is 0 Å². The van der Waals surface area contributed by atoms with Gasteiger partial charge in [0.25, 0.3) is 0 Å². The van der Waals surface area contributed by atoms with Crippen molar-refractivity contribution in [3.63, 3.8) is 0 Å². The van der Waals surface area contributed by atoms with E-state index in [2.05, 4.69) is 18.7 Å². The van der Waals surface area contributed by atoms with Crippen LogP contribution < -0.4 is 5.32 Å². The van der Waals surface area contributed by atoms with Crippen LogP contribution in [0.2, 0.25) is 0 Å². The van der Waals surface area contributed by atoms with Gasteiger partial charge in [-0.25, -0.2) is 0 Å². The van der Waals surface area contributed by atoms with E-state index in [0.717, 1.165) is 6.54 Å². The standard InChI is InChI=1S/C5H12N.Y/c1-3-4-5-6-2;/h3,6H,4-5H2,1-2H3;/q-1;. The van der Waals surface area contributed by atoms with Crippen molar-refractivity contribution < 1.29 is 32.7 Å². The predicted octanol–water partition coefficient (Wildman–Crippen LogP) is 0.818. The quantitative estimate of drug-likeness (QED) is 0.494. The Morgan fingerprint density at radius 1 is 1.57 bits per heavy atom. The maximum Gasteiger partial charge on any atom is 0 e. The molecule has 0 fully saturated rings. The maximum atomic E-state index is 3.04. The van der Waals surface area contributed by atoms with Gasteiger partial charge in [-0.2, -0.15) is 13.3 Å². The minimum absolute atomic E-state index is 0. The van der Waals surface area contributed by atoms with Gasteiger partial charge in [0, 0.05) is 32.7 Å². The van der Waals surface area contributed by atoms with Crippen LogP contribution in [-0.2, 0) is 32.7 Å². The monoisotopic (exact) mass is 175 g/mol. The Kier molecular flexibility index (Phi) is 15.8. The fourth-order valence-electron chi connectivity index (χ4n) is 0.289. The summed E-state index contributed by atoms with van der Waals surface area (Å²) < 4.78 is 0. The summed E-state index contributed by atoms with van der Waals surface area (Å²) in [5, 5.41) is 3.04. The molecule has 0 bridgehead atoms. The average molecular weight is 175 g/mol. The Hall–Kier alpha value is 1.06. The third-order valence-corrected chi connectivity index (χ3v) is 0.683. The molecule has 0 spiro atoms. The van der Waals surface area contributed by atoms with Crippen LogP contribution in [0.5, 0.6) is 0 Å². The van der Waals surface area contributed by atoms with Gasteiger partial charge >= 0.3 is 0 Å². The van der Waals surface area contributed by atoms with E-state index in [1.54, 1.807) is 0 Å². The molecule has 0 aromatic carbocycles. The Bertz CT molecular complexity index is 20.0. The van der Waals surface area contributed by atoms with E-state index < -0.39 is 0 Å². The van der Waals surface area contributed by atoms with Crippen molar-refractivity contribution in [3.8, 4) is 0 Å². The SMILES string of the molecule is C[CH-]CCNC.[Y]. The predicted molar refractivity (Wildman–Crippen MR) is 28.5 cm³/mol. The van der Waals surface area contributed by atoms with Gasteiger partial charge in [-0.1, -0.05) is 0 Å². The third kappa shape index (κ3) is 11.0. The Morgan fingerprint density at radius 3 is 2.29 bits per heavy atom. The van der Waals surface area contributed by atoms with Crippen molar-refractivity contribution in [2.45, 2.75) is 13.3 Å². The molecule has 0 aliphatic heterocycles. The molecular formula is C5H12NY-.